The minimum atomic E-state index is -0.734. The molecule has 1 aromatic heterocycles. The normalized spacial score (nSPS) is 21.5. The number of anilines is 1. The Hall–Kier alpha value is -2.48. The molecule has 4 N–H and O–H groups in total. The maximum atomic E-state index is 12.8. The molecule has 2 fully saturated rings. The van der Waals surface area contributed by atoms with Crippen molar-refractivity contribution in [3.8, 4) is 0 Å². The molecule has 4 rings (SSSR count). The number of hydrogen-bond acceptors (Lipinski definition) is 6. The van der Waals surface area contributed by atoms with Gasteiger partial charge in [0.1, 0.15) is 0 Å². The number of aromatic nitrogens is 1. The van der Waals surface area contributed by atoms with Crippen molar-refractivity contribution in [3.63, 3.8) is 0 Å². The average molecular weight is 411 g/mol. The summed E-state index contributed by atoms with van der Waals surface area (Å²) in [5.41, 5.74) is 10.2. The third-order valence-electron chi connectivity index (χ3n) is 5.90. The van der Waals surface area contributed by atoms with Crippen molar-refractivity contribution in [1.82, 2.24) is 10.3 Å². The van der Waals surface area contributed by atoms with Crippen LogP contribution in [-0.2, 0) is 17.8 Å². The summed E-state index contributed by atoms with van der Waals surface area (Å²) in [6, 6.07) is 7.96. The Bertz CT molecular complexity index is 900. The number of rotatable bonds is 7. The number of hydrogen-bond donors (Lipinski definition) is 3. The molecule has 2 atom stereocenters. The minimum absolute atomic E-state index is 0.0979. The lowest BCUT2D eigenvalue weighted by Gasteiger charge is -2.41. The number of nitrogens with two attached hydrogens (primary N) is 1. The molecule has 2 aromatic rings. The SMILES string of the molecule is Cc1ccc(CN)c(CNC(=O)c2cncc(N3C(O)COCC3CC3CC3)c2)c1. The molecule has 7 heteroatoms. The summed E-state index contributed by atoms with van der Waals surface area (Å²) in [7, 11) is 0. The zero-order valence-corrected chi connectivity index (χ0v) is 17.4. The van der Waals surface area contributed by atoms with Crippen molar-refractivity contribution < 1.29 is 14.6 Å². The molecule has 1 saturated heterocycles. The molecule has 2 aliphatic rings. The number of nitrogens with zero attached hydrogens (tertiary/aromatic N) is 2. The second-order valence-electron chi connectivity index (χ2n) is 8.35. The van der Waals surface area contributed by atoms with Crippen LogP contribution in [-0.4, -0.2) is 41.5 Å². The highest BCUT2D eigenvalue weighted by Gasteiger charge is 2.35. The fourth-order valence-electron chi connectivity index (χ4n) is 4.11. The van der Waals surface area contributed by atoms with Crippen molar-refractivity contribution >= 4 is 11.6 Å². The number of morpholine rings is 1. The van der Waals surface area contributed by atoms with Gasteiger partial charge in [0, 0.05) is 19.3 Å². The molecule has 160 valence electrons. The summed E-state index contributed by atoms with van der Waals surface area (Å²) >= 11 is 0. The Morgan fingerprint density at radius 1 is 1.27 bits per heavy atom. The molecular formula is C23H30N4O3. The van der Waals surface area contributed by atoms with Crippen LogP contribution in [0.15, 0.2) is 36.7 Å². The zero-order chi connectivity index (χ0) is 21.1. The Kier molecular flexibility index (Phi) is 6.32. The molecule has 1 aromatic carbocycles. The fraction of sp³-hybridized carbons (Fsp3) is 0.478. The van der Waals surface area contributed by atoms with Gasteiger partial charge in [-0.05, 0) is 36.5 Å². The summed E-state index contributed by atoms with van der Waals surface area (Å²) in [4.78, 5) is 19.0. The lowest BCUT2D eigenvalue weighted by atomic mass is 10.0. The zero-order valence-electron chi connectivity index (χ0n) is 17.4. The van der Waals surface area contributed by atoms with E-state index in [4.69, 9.17) is 10.5 Å². The topological polar surface area (TPSA) is 101 Å². The van der Waals surface area contributed by atoms with Gasteiger partial charge in [0.15, 0.2) is 6.23 Å². The van der Waals surface area contributed by atoms with E-state index in [-0.39, 0.29) is 18.6 Å². The Labute approximate surface area is 177 Å². The van der Waals surface area contributed by atoms with Crippen LogP contribution in [0.2, 0.25) is 0 Å². The lowest BCUT2D eigenvalue weighted by molar-refractivity contribution is -0.0165. The second-order valence-corrected chi connectivity index (χ2v) is 8.35. The first kappa shape index (κ1) is 20.8. The standard InChI is InChI=1S/C23H30N4O3/c1-15-2-5-17(9-24)18(6-15)11-26-23(29)19-8-20(12-25-10-19)27-21(7-16-3-4-16)13-30-14-22(27)28/h2,5-6,8,10,12,16,21-22,28H,3-4,7,9,11,13-14,24H2,1H3,(H,26,29). The van der Waals surface area contributed by atoms with Crippen LogP contribution in [0.1, 0.15) is 46.3 Å². The molecule has 2 heterocycles. The largest absolute Gasteiger partial charge is 0.375 e. The van der Waals surface area contributed by atoms with Gasteiger partial charge in [-0.1, -0.05) is 36.6 Å². The predicted octanol–water partition coefficient (Wildman–Crippen LogP) is 2.10. The number of aliphatic hydroxyl groups excluding tert-OH is 1. The predicted molar refractivity (Wildman–Crippen MR) is 115 cm³/mol. The van der Waals surface area contributed by atoms with Gasteiger partial charge in [-0.3, -0.25) is 9.78 Å². The molecule has 0 bridgehead atoms. The maximum absolute atomic E-state index is 12.8. The van der Waals surface area contributed by atoms with E-state index in [1.807, 2.05) is 30.0 Å². The average Bonchev–Trinajstić information content (AvgIpc) is 3.56. The van der Waals surface area contributed by atoms with Gasteiger partial charge in [0.2, 0.25) is 0 Å². The molecular weight excluding hydrogens is 380 g/mol. The van der Waals surface area contributed by atoms with Crippen molar-refractivity contribution in [2.45, 2.75) is 51.5 Å². The summed E-state index contributed by atoms with van der Waals surface area (Å²) in [5.74, 6) is 0.507. The Morgan fingerprint density at radius 2 is 2.10 bits per heavy atom. The van der Waals surface area contributed by atoms with Crippen LogP contribution in [0, 0.1) is 12.8 Å². The minimum Gasteiger partial charge on any atom is -0.375 e. The molecule has 1 saturated carbocycles. The van der Waals surface area contributed by atoms with E-state index < -0.39 is 6.23 Å². The number of nitrogens with one attached hydrogen (secondary N) is 1. The number of benzene rings is 1. The summed E-state index contributed by atoms with van der Waals surface area (Å²) in [5, 5.41) is 13.5. The van der Waals surface area contributed by atoms with E-state index >= 15 is 0 Å². The Morgan fingerprint density at radius 3 is 2.87 bits per heavy atom. The van der Waals surface area contributed by atoms with Crippen LogP contribution < -0.4 is 16.0 Å². The van der Waals surface area contributed by atoms with Gasteiger partial charge in [-0.25, -0.2) is 0 Å². The van der Waals surface area contributed by atoms with E-state index in [9.17, 15) is 9.90 Å². The van der Waals surface area contributed by atoms with Gasteiger partial charge < -0.3 is 25.8 Å². The molecule has 1 aliphatic carbocycles. The first-order chi connectivity index (χ1) is 14.5. The van der Waals surface area contributed by atoms with Gasteiger partial charge in [0.05, 0.1) is 36.7 Å². The molecule has 1 amide bonds. The van der Waals surface area contributed by atoms with E-state index in [1.165, 1.54) is 12.8 Å². The summed E-state index contributed by atoms with van der Waals surface area (Å²) < 4.78 is 5.57. The fourth-order valence-corrected chi connectivity index (χ4v) is 4.11. The lowest BCUT2D eigenvalue weighted by Crippen LogP contribution is -2.52. The van der Waals surface area contributed by atoms with Gasteiger partial charge >= 0.3 is 0 Å². The van der Waals surface area contributed by atoms with Crippen LogP contribution in [0.5, 0.6) is 0 Å². The highest BCUT2D eigenvalue weighted by molar-refractivity contribution is 5.94. The molecule has 1 aliphatic heterocycles. The van der Waals surface area contributed by atoms with Crippen LogP contribution in [0.3, 0.4) is 0 Å². The molecule has 0 radical (unpaired) electrons. The number of ether oxygens (including phenoxy) is 1. The van der Waals surface area contributed by atoms with Crippen LogP contribution >= 0.6 is 0 Å². The third-order valence-corrected chi connectivity index (χ3v) is 5.90. The number of amides is 1. The van der Waals surface area contributed by atoms with E-state index in [1.54, 1.807) is 18.5 Å². The molecule has 30 heavy (non-hydrogen) atoms. The number of pyridine rings is 1. The second kappa shape index (κ2) is 9.12. The maximum Gasteiger partial charge on any atom is 0.253 e. The van der Waals surface area contributed by atoms with Crippen molar-refractivity contribution in [3.05, 3.63) is 58.9 Å². The van der Waals surface area contributed by atoms with Crippen molar-refractivity contribution in [1.29, 1.82) is 0 Å². The van der Waals surface area contributed by atoms with Gasteiger partial charge in [-0.2, -0.15) is 0 Å². The first-order valence-electron chi connectivity index (χ1n) is 10.6. The molecule has 0 spiro atoms. The van der Waals surface area contributed by atoms with Crippen molar-refractivity contribution in [2.24, 2.45) is 11.7 Å². The first-order valence-corrected chi connectivity index (χ1v) is 10.6. The number of aliphatic hydroxyl groups is 1. The third kappa shape index (κ3) is 4.80. The quantitative estimate of drug-likeness (QED) is 0.646. The number of carbonyl (C=O) groups excluding carboxylic acids is 1. The molecule has 7 nitrogen and oxygen atoms in total. The Balaban J connectivity index is 1.48. The van der Waals surface area contributed by atoms with Crippen molar-refractivity contribution in [2.75, 3.05) is 18.1 Å². The highest BCUT2D eigenvalue weighted by atomic mass is 16.5. The van der Waals surface area contributed by atoms with Gasteiger partial charge in [-0.15, -0.1) is 0 Å². The number of carbonyl (C=O) groups is 1. The highest BCUT2D eigenvalue weighted by Crippen LogP contribution is 2.37. The van der Waals surface area contributed by atoms with E-state index in [0.29, 0.717) is 31.2 Å². The van der Waals surface area contributed by atoms with E-state index in [0.717, 1.165) is 28.8 Å². The van der Waals surface area contributed by atoms with Gasteiger partial charge in [0.25, 0.3) is 5.91 Å². The summed E-state index contributed by atoms with van der Waals surface area (Å²) in [6.07, 6.45) is 6.00. The number of aryl methyl sites for hydroxylation is 1. The van der Waals surface area contributed by atoms with Crippen LogP contribution in [0.4, 0.5) is 5.69 Å². The van der Waals surface area contributed by atoms with Crippen LogP contribution in [0.25, 0.3) is 0 Å². The van der Waals surface area contributed by atoms with E-state index in [2.05, 4.69) is 10.3 Å². The molecule has 2 unspecified atom stereocenters. The smallest absolute Gasteiger partial charge is 0.253 e. The summed E-state index contributed by atoms with van der Waals surface area (Å²) in [6.45, 7) is 3.69. The monoisotopic (exact) mass is 410 g/mol.